The second-order valence-corrected chi connectivity index (χ2v) is 18.8. The molecule has 1 saturated carbocycles. The monoisotopic (exact) mass is 717 g/mol. The van der Waals surface area contributed by atoms with Gasteiger partial charge < -0.3 is 4.74 Å². The lowest BCUT2D eigenvalue weighted by atomic mass is 9.96. The number of pyridine rings is 1. The zero-order chi connectivity index (χ0) is 35.9. The van der Waals surface area contributed by atoms with Gasteiger partial charge in [-0.25, -0.2) is 15.0 Å². The number of ether oxygens (including phenoxy) is 1. The molecular weight excluding hydrogens is 653 g/mol. The van der Waals surface area contributed by atoms with Crippen LogP contribution in [0.5, 0.6) is 5.75 Å². The molecule has 7 heteroatoms. The van der Waals surface area contributed by atoms with Crippen molar-refractivity contribution in [2.24, 2.45) is 11.8 Å². The van der Waals surface area contributed by atoms with Crippen LogP contribution >= 0.6 is 0 Å². The first kappa shape index (κ1) is 39.5. The van der Waals surface area contributed by atoms with Crippen LogP contribution in [0.4, 0.5) is 8.78 Å². The highest BCUT2D eigenvalue weighted by Crippen LogP contribution is 2.40. The van der Waals surface area contributed by atoms with Crippen LogP contribution in [0.2, 0.25) is 5.54 Å². The van der Waals surface area contributed by atoms with E-state index in [2.05, 4.69) is 60.0 Å². The van der Waals surface area contributed by atoms with E-state index < -0.39 is 22.0 Å². The van der Waals surface area contributed by atoms with Crippen molar-refractivity contribution >= 4 is 14.7 Å². The van der Waals surface area contributed by atoms with Gasteiger partial charge in [-0.2, -0.15) is 8.78 Å². The number of aromatic nitrogens is 3. The average molecular weight is 718 g/mol. The normalized spacial score (nSPS) is 16.4. The molecule has 3 aromatic rings. The van der Waals surface area contributed by atoms with E-state index in [0.717, 1.165) is 41.0 Å². The first-order valence-electron chi connectivity index (χ1n) is 20.8. The van der Waals surface area contributed by atoms with E-state index in [1.54, 1.807) is 12.4 Å². The van der Waals surface area contributed by atoms with Gasteiger partial charge in [-0.05, 0) is 52.6 Å². The van der Waals surface area contributed by atoms with Crippen molar-refractivity contribution in [1.29, 1.82) is 0 Å². The Morgan fingerprint density at radius 1 is 0.784 bits per heavy atom. The quantitative estimate of drug-likeness (QED) is 0.0647. The lowest BCUT2D eigenvalue weighted by Gasteiger charge is -2.15. The number of unbranched alkanes of at least 4 members (excludes halogenated alkanes) is 11. The summed E-state index contributed by atoms with van der Waals surface area (Å²) in [4.78, 5) is 13.6. The third-order valence-corrected chi connectivity index (χ3v) is 13.3. The lowest BCUT2D eigenvalue weighted by molar-refractivity contribution is -0.0243. The van der Waals surface area contributed by atoms with Crippen molar-refractivity contribution in [3.8, 4) is 28.4 Å². The topological polar surface area (TPSA) is 47.9 Å². The van der Waals surface area contributed by atoms with E-state index >= 15 is 0 Å². The summed E-state index contributed by atoms with van der Waals surface area (Å²) >= 11 is 0. The Bertz CT molecular complexity index is 1440. The van der Waals surface area contributed by atoms with Gasteiger partial charge in [0.15, 0.2) is 18.1 Å². The highest BCUT2D eigenvalue weighted by atomic mass is 28.2. The van der Waals surface area contributed by atoms with E-state index in [1.807, 2.05) is 6.07 Å². The van der Waals surface area contributed by atoms with Gasteiger partial charge in [-0.15, -0.1) is 0 Å². The van der Waals surface area contributed by atoms with E-state index in [9.17, 15) is 8.78 Å². The van der Waals surface area contributed by atoms with Gasteiger partial charge in [0.05, 0.1) is 9.52 Å². The van der Waals surface area contributed by atoms with Crippen LogP contribution in [0, 0.1) is 11.8 Å². The van der Waals surface area contributed by atoms with E-state index in [4.69, 9.17) is 4.74 Å². The fourth-order valence-electron chi connectivity index (χ4n) is 7.72. The van der Waals surface area contributed by atoms with Crippen LogP contribution in [0.1, 0.15) is 160 Å². The number of halogens is 2. The number of benzene rings is 1. The molecule has 0 bridgehead atoms. The molecule has 4 nitrogen and oxygen atoms in total. The molecule has 1 aliphatic heterocycles. The Morgan fingerprint density at radius 2 is 1.41 bits per heavy atom. The number of rotatable bonds is 25. The minimum atomic E-state index is -3.10. The molecule has 0 spiro atoms. The van der Waals surface area contributed by atoms with Gasteiger partial charge in [0.1, 0.15) is 11.4 Å². The molecule has 5 rings (SSSR count). The minimum absolute atomic E-state index is 0.241. The van der Waals surface area contributed by atoms with Crippen LogP contribution in [-0.4, -0.2) is 31.1 Å². The van der Waals surface area contributed by atoms with E-state index in [1.165, 1.54) is 128 Å². The molecule has 0 amide bonds. The SMILES string of the molecule is CCCCCC(C)CCCCCCC(C)[SiH2]c1cc(-c2ncc(-c3ccc(CCCCCCCCCC4CC4)cc3)cn2)nc2c1OCC2(F)F. The molecule has 3 heterocycles. The van der Waals surface area contributed by atoms with Crippen LogP contribution in [0.3, 0.4) is 0 Å². The maximum atomic E-state index is 14.9. The number of aryl methyl sites for hydroxylation is 1. The fraction of sp³-hybridized carbons (Fsp3) is 0.659. The van der Waals surface area contributed by atoms with Crippen molar-refractivity contribution < 1.29 is 13.5 Å². The maximum absolute atomic E-state index is 14.9. The smallest absolute Gasteiger partial charge is 0.326 e. The zero-order valence-corrected chi connectivity index (χ0v) is 33.5. The average Bonchev–Trinajstić information content (AvgIpc) is 3.91. The van der Waals surface area contributed by atoms with E-state index in [0.29, 0.717) is 22.8 Å². The summed E-state index contributed by atoms with van der Waals surface area (Å²) in [6.45, 7) is 6.30. The molecule has 1 aliphatic carbocycles. The van der Waals surface area contributed by atoms with Crippen LogP contribution in [0.25, 0.3) is 22.6 Å². The van der Waals surface area contributed by atoms with Gasteiger partial charge in [-0.3, -0.25) is 0 Å². The first-order valence-corrected chi connectivity index (χ1v) is 22.3. The summed E-state index contributed by atoms with van der Waals surface area (Å²) in [6, 6.07) is 10.6. The van der Waals surface area contributed by atoms with Crippen molar-refractivity contribution in [2.45, 2.75) is 167 Å². The minimum Gasteiger partial charge on any atom is -0.485 e. The Hall–Kier alpha value is -2.67. The van der Waals surface area contributed by atoms with Crippen LogP contribution in [-0.2, 0) is 12.3 Å². The molecule has 2 aliphatic rings. The summed E-state index contributed by atoms with van der Waals surface area (Å²) in [5.41, 5.74) is 4.00. The van der Waals surface area contributed by atoms with Crippen molar-refractivity contribution in [3.63, 3.8) is 0 Å². The molecule has 2 unspecified atom stereocenters. The summed E-state index contributed by atoms with van der Waals surface area (Å²) in [5.74, 6) is -0.486. The maximum Gasteiger partial charge on any atom is 0.326 e. The Morgan fingerprint density at radius 3 is 2.10 bits per heavy atom. The summed E-state index contributed by atoms with van der Waals surface area (Å²) < 4.78 is 35.4. The number of fused-ring (bicyclic) bond motifs is 1. The molecule has 280 valence electrons. The second-order valence-electron chi connectivity index (χ2n) is 16.2. The van der Waals surface area contributed by atoms with Crippen molar-refractivity contribution in [3.05, 3.63) is 54.0 Å². The molecule has 1 fully saturated rings. The number of nitrogens with zero attached hydrogens (tertiary/aromatic N) is 3. The largest absolute Gasteiger partial charge is 0.485 e. The molecular formula is C44H65F2N3OSi. The van der Waals surface area contributed by atoms with E-state index in [-0.39, 0.29) is 5.69 Å². The lowest BCUT2D eigenvalue weighted by Crippen LogP contribution is -2.22. The molecule has 1 aromatic carbocycles. The first-order chi connectivity index (χ1) is 24.8. The van der Waals surface area contributed by atoms with Crippen LogP contribution < -0.4 is 9.92 Å². The summed E-state index contributed by atoms with van der Waals surface area (Å²) in [6.07, 6.45) is 31.5. The molecule has 2 aromatic heterocycles. The van der Waals surface area contributed by atoms with Gasteiger partial charge in [0.2, 0.25) is 0 Å². The second kappa shape index (κ2) is 20.5. The molecule has 0 saturated heterocycles. The summed E-state index contributed by atoms with van der Waals surface area (Å²) in [7, 11) is -0.870. The molecule has 2 atom stereocenters. The molecule has 0 radical (unpaired) electrons. The van der Waals surface area contributed by atoms with Gasteiger partial charge in [0.25, 0.3) is 0 Å². The Kier molecular flexibility index (Phi) is 15.9. The third kappa shape index (κ3) is 13.0. The van der Waals surface area contributed by atoms with Crippen molar-refractivity contribution in [1.82, 2.24) is 15.0 Å². The Labute approximate surface area is 310 Å². The highest BCUT2D eigenvalue weighted by Gasteiger charge is 2.45. The molecule has 0 N–H and O–H groups in total. The van der Waals surface area contributed by atoms with Gasteiger partial charge >= 0.3 is 5.92 Å². The Balaban J connectivity index is 1.09. The number of hydrogen-bond donors (Lipinski definition) is 0. The predicted octanol–water partition coefficient (Wildman–Crippen LogP) is 11.9. The zero-order valence-electron chi connectivity index (χ0n) is 32.0. The van der Waals surface area contributed by atoms with Gasteiger partial charge in [-0.1, -0.05) is 167 Å². The number of hydrogen-bond acceptors (Lipinski definition) is 4. The summed E-state index contributed by atoms with van der Waals surface area (Å²) in [5, 5.41) is 0.924. The molecule has 51 heavy (non-hydrogen) atoms. The number of alkyl halides is 2. The van der Waals surface area contributed by atoms with Crippen molar-refractivity contribution in [2.75, 3.05) is 6.61 Å². The third-order valence-electron chi connectivity index (χ3n) is 11.2. The fourth-order valence-corrected chi connectivity index (χ4v) is 9.73. The van der Waals surface area contributed by atoms with Crippen LogP contribution in [0.15, 0.2) is 42.7 Å². The highest BCUT2D eigenvalue weighted by molar-refractivity contribution is 6.56. The predicted molar refractivity (Wildman–Crippen MR) is 212 cm³/mol. The standard InChI is InChI=1S/C44H65F2N3OSi/c1-4-5-13-18-33(2)19-14-11-12-15-20-34(3)51-40-29-39(49-42-41(40)50-32-44(42,45)46)43-47-30-38(31-48-43)37-27-25-36(26-28-37)22-17-10-8-6-7-9-16-21-35-23-24-35/h25-31,33-35H,4-24,32,51H2,1-3H3. The van der Waals surface area contributed by atoms with Gasteiger partial charge in [0, 0.05) is 18.0 Å².